The van der Waals surface area contributed by atoms with Crippen LogP contribution in [0, 0.1) is 0 Å². The van der Waals surface area contributed by atoms with Crippen LogP contribution in [-0.2, 0) is 11.3 Å². The lowest BCUT2D eigenvalue weighted by Crippen LogP contribution is -2.43. The van der Waals surface area contributed by atoms with Crippen LogP contribution in [0.25, 0.3) is 0 Å². The molecule has 0 aromatic carbocycles. The summed E-state index contributed by atoms with van der Waals surface area (Å²) in [5, 5.41) is 4.84. The first kappa shape index (κ1) is 14.2. The van der Waals surface area contributed by atoms with Gasteiger partial charge in [0.25, 0.3) is 0 Å². The molecular formula is C12H19N3O3. The average molecular weight is 253 g/mol. The molecule has 3 amide bonds. The molecule has 100 valence electrons. The number of urea groups is 1. The van der Waals surface area contributed by atoms with Crippen molar-refractivity contribution in [3.8, 4) is 0 Å². The number of carbonyl (C=O) groups is 2. The number of hydrogen-bond acceptors (Lipinski definition) is 4. The van der Waals surface area contributed by atoms with E-state index < -0.39 is 6.03 Å². The smallest absolute Gasteiger partial charge is 0.321 e. The van der Waals surface area contributed by atoms with Gasteiger partial charge in [0.1, 0.15) is 5.76 Å². The van der Waals surface area contributed by atoms with Crippen LogP contribution in [0.5, 0.6) is 0 Å². The van der Waals surface area contributed by atoms with E-state index in [0.29, 0.717) is 13.1 Å². The van der Waals surface area contributed by atoms with Crippen molar-refractivity contribution in [2.24, 2.45) is 0 Å². The van der Waals surface area contributed by atoms with Crippen LogP contribution in [0.2, 0.25) is 0 Å². The minimum absolute atomic E-state index is 0.139. The van der Waals surface area contributed by atoms with Crippen LogP contribution in [-0.4, -0.2) is 37.0 Å². The van der Waals surface area contributed by atoms with Gasteiger partial charge in [-0.15, -0.1) is 0 Å². The minimum atomic E-state index is -0.451. The summed E-state index contributed by atoms with van der Waals surface area (Å²) < 4.78 is 5.17. The molecule has 1 rings (SSSR count). The molecule has 0 spiro atoms. The summed E-state index contributed by atoms with van der Waals surface area (Å²) in [6.45, 7) is 3.16. The molecule has 6 nitrogen and oxygen atoms in total. The fraction of sp³-hybridized carbons (Fsp3) is 0.500. The normalized spacial score (nSPS) is 10.4. The molecule has 0 unspecified atom stereocenters. The Morgan fingerprint density at radius 1 is 1.44 bits per heavy atom. The van der Waals surface area contributed by atoms with Gasteiger partial charge in [-0.1, -0.05) is 6.92 Å². The molecule has 0 bridgehead atoms. The van der Waals surface area contributed by atoms with Gasteiger partial charge in [0.15, 0.2) is 0 Å². The minimum Gasteiger partial charge on any atom is -0.468 e. The summed E-state index contributed by atoms with van der Waals surface area (Å²) in [6.07, 6.45) is 2.42. The Labute approximate surface area is 106 Å². The second-order valence-corrected chi connectivity index (χ2v) is 4.06. The van der Waals surface area contributed by atoms with E-state index in [1.807, 2.05) is 13.0 Å². The first-order valence-electron chi connectivity index (χ1n) is 5.90. The van der Waals surface area contributed by atoms with Crippen molar-refractivity contribution in [3.63, 3.8) is 0 Å². The number of amides is 3. The molecule has 0 aliphatic heterocycles. The van der Waals surface area contributed by atoms with Crippen molar-refractivity contribution in [2.45, 2.75) is 19.9 Å². The van der Waals surface area contributed by atoms with Crippen LogP contribution in [0.4, 0.5) is 4.79 Å². The van der Waals surface area contributed by atoms with Crippen LogP contribution >= 0.6 is 0 Å². The third-order valence-corrected chi connectivity index (χ3v) is 2.21. The Kier molecular flexibility index (Phi) is 5.93. The first-order chi connectivity index (χ1) is 8.61. The van der Waals surface area contributed by atoms with E-state index in [9.17, 15) is 9.59 Å². The standard InChI is InChI=1S/C12H19N3O3/c1-3-6-13-12(17)14-11(16)9-15(2)8-10-5-4-7-18-10/h4-5,7H,3,6,8-9H2,1-2H3,(H2,13,14,16,17). The molecule has 2 N–H and O–H groups in total. The highest BCUT2D eigenvalue weighted by Gasteiger charge is 2.10. The Bertz CT molecular complexity index is 376. The number of nitrogens with zero attached hydrogens (tertiary/aromatic N) is 1. The zero-order chi connectivity index (χ0) is 13.4. The molecule has 0 radical (unpaired) electrons. The molecule has 0 saturated carbocycles. The van der Waals surface area contributed by atoms with Gasteiger partial charge < -0.3 is 9.73 Å². The zero-order valence-electron chi connectivity index (χ0n) is 10.7. The van der Waals surface area contributed by atoms with Gasteiger partial charge >= 0.3 is 6.03 Å². The second-order valence-electron chi connectivity index (χ2n) is 4.06. The molecule has 1 aromatic heterocycles. The lowest BCUT2D eigenvalue weighted by molar-refractivity contribution is -0.121. The molecule has 6 heteroatoms. The number of furan rings is 1. The van der Waals surface area contributed by atoms with Gasteiger partial charge in [-0.2, -0.15) is 0 Å². The molecule has 18 heavy (non-hydrogen) atoms. The summed E-state index contributed by atoms with van der Waals surface area (Å²) in [4.78, 5) is 24.5. The SMILES string of the molecule is CCCNC(=O)NC(=O)CN(C)Cc1ccco1. The Morgan fingerprint density at radius 2 is 2.22 bits per heavy atom. The van der Waals surface area contributed by atoms with Crippen molar-refractivity contribution in [3.05, 3.63) is 24.2 Å². The molecule has 1 aromatic rings. The molecule has 0 saturated heterocycles. The second kappa shape index (κ2) is 7.50. The predicted octanol–water partition coefficient (Wildman–Crippen LogP) is 0.947. The molecule has 0 aliphatic rings. The highest BCUT2D eigenvalue weighted by molar-refractivity contribution is 5.95. The third kappa shape index (κ3) is 5.49. The number of likely N-dealkylation sites (N-methyl/N-ethyl adjacent to an activating group) is 1. The third-order valence-electron chi connectivity index (χ3n) is 2.21. The first-order valence-corrected chi connectivity index (χ1v) is 5.90. The van der Waals surface area contributed by atoms with E-state index in [2.05, 4.69) is 10.6 Å². The highest BCUT2D eigenvalue weighted by Crippen LogP contribution is 2.02. The van der Waals surface area contributed by atoms with Crippen LogP contribution in [0.15, 0.2) is 22.8 Å². The molecule has 0 aliphatic carbocycles. The van der Waals surface area contributed by atoms with Crippen LogP contribution < -0.4 is 10.6 Å². The van der Waals surface area contributed by atoms with Gasteiger partial charge in [0.05, 0.1) is 19.4 Å². The van der Waals surface area contributed by atoms with E-state index in [1.54, 1.807) is 24.3 Å². The van der Waals surface area contributed by atoms with E-state index in [-0.39, 0.29) is 12.5 Å². The number of carbonyl (C=O) groups excluding carboxylic acids is 2. The fourth-order valence-corrected chi connectivity index (χ4v) is 1.42. The summed E-state index contributed by atoms with van der Waals surface area (Å²) in [5.74, 6) is 0.443. The summed E-state index contributed by atoms with van der Waals surface area (Å²) in [7, 11) is 1.78. The van der Waals surface area contributed by atoms with Gasteiger partial charge in [0, 0.05) is 6.54 Å². The maximum Gasteiger partial charge on any atom is 0.321 e. The summed E-state index contributed by atoms with van der Waals surface area (Å²) in [6, 6.07) is 3.18. The number of rotatable bonds is 6. The van der Waals surface area contributed by atoms with Gasteiger partial charge in [0.2, 0.25) is 5.91 Å². The van der Waals surface area contributed by atoms with Crippen LogP contribution in [0.3, 0.4) is 0 Å². The molecule has 0 atom stereocenters. The lowest BCUT2D eigenvalue weighted by Gasteiger charge is -2.14. The van der Waals surface area contributed by atoms with Crippen molar-refractivity contribution in [2.75, 3.05) is 20.1 Å². The molecule has 0 fully saturated rings. The maximum absolute atomic E-state index is 11.5. The van der Waals surface area contributed by atoms with Gasteiger partial charge in [-0.3, -0.25) is 15.0 Å². The highest BCUT2D eigenvalue weighted by atomic mass is 16.3. The number of imide groups is 1. The van der Waals surface area contributed by atoms with Crippen molar-refractivity contribution < 1.29 is 14.0 Å². The van der Waals surface area contributed by atoms with Crippen molar-refractivity contribution in [1.82, 2.24) is 15.5 Å². The Balaban J connectivity index is 2.24. The Morgan fingerprint density at radius 3 is 2.83 bits per heavy atom. The van der Waals surface area contributed by atoms with E-state index in [1.165, 1.54) is 0 Å². The maximum atomic E-state index is 11.5. The van der Waals surface area contributed by atoms with E-state index in [0.717, 1.165) is 12.2 Å². The van der Waals surface area contributed by atoms with Crippen LogP contribution in [0.1, 0.15) is 19.1 Å². The average Bonchev–Trinajstić information content (AvgIpc) is 2.78. The van der Waals surface area contributed by atoms with Crippen molar-refractivity contribution >= 4 is 11.9 Å². The summed E-state index contributed by atoms with van der Waals surface area (Å²) in [5.41, 5.74) is 0. The largest absolute Gasteiger partial charge is 0.468 e. The topological polar surface area (TPSA) is 74.6 Å². The lowest BCUT2D eigenvalue weighted by atomic mass is 10.4. The van der Waals surface area contributed by atoms with Gasteiger partial charge in [-0.05, 0) is 25.6 Å². The molecule has 1 heterocycles. The number of hydrogen-bond donors (Lipinski definition) is 2. The van der Waals surface area contributed by atoms with E-state index in [4.69, 9.17) is 4.42 Å². The monoisotopic (exact) mass is 253 g/mol. The quantitative estimate of drug-likeness (QED) is 0.791. The Hall–Kier alpha value is -1.82. The molecular weight excluding hydrogens is 234 g/mol. The summed E-state index contributed by atoms with van der Waals surface area (Å²) >= 11 is 0. The predicted molar refractivity (Wildman–Crippen MR) is 66.9 cm³/mol. The van der Waals surface area contributed by atoms with Crippen molar-refractivity contribution in [1.29, 1.82) is 0 Å². The fourth-order valence-electron chi connectivity index (χ4n) is 1.42. The number of nitrogens with one attached hydrogen (secondary N) is 2. The van der Waals surface area contributed by atoms with Gasteiger partial charge in [-0.25, -0.2) is 4.79 Å². The van der Waals surface area contributed by atoms with E-state index >= 15 is 0 Å². The zero-order valence-corrected chi connectivity index (χ0v) is 10.7.